The second-order valence-electron chi connectivity index (χ2n) is 4.93. The van der Waals surface area contributed by atoms with Crippen molar-refractivity contribution in [2.24, 2.45) is 0 Å². The fraction of sp³-hybridized carbons (Fsp3) is 0.538. The van der Waals surface area contributed by atoms with E-state index >= 15 is 0 Å². The van der Waals surface area contributed by atoms with Gasteiger partial charge in [0.15, 0.2) is 9.84 Å². The molecule has 1 aromatic rings. The predicted octanol–water partition coefficient (Wildman–Crippen LogP) is 1.45. The van der Waals surface area contributed by atoms with Crippen molar-refractivity contribution in [3.63, 3.8) is 0 Å². The zero-order valence-electron chi connectivity index (χ0n) is 9.72. The first-order valence-electron chi connectivity index (χ1n) is 6.21. The second-order valence-corrected chi connectivity index (χ2v) is 7.27. The van der Waals surface area contributed by atoms with E-state index in [0.717, 1.165) is 19.3 Å². The summed E-state index contributed by atoms with van der Waals surface area (Å²) in [6.07, 6.45) is 2.76. The molecule has 17 heavy (non-hydrogen) atoms. The lowest BCUT2D eigenvalue weighted by Crippen LogP contribution is -2.46. The number of nitrogens with one attached hydrogen (secondary N) is 1. The normalized spacial score (nSPS) is 31.1. The Hall–Kier alpha value is -0.870. The number of hydrogen-bond acceptors (Lipinski definition) is 3. The van der Waals surface area contributed by atoms with Crippen LogP contribution >= 0.6 is 0 Å². The minimum atomic E-state index is -2.91. The Morgan fingerprint density at radius 3 is 2.94 bits per heavy atom. The number of sulfone groups is 1. The summed E-state index contributed by atoms with van der Waals surface area (Å²) in [6.45, 7) is 0.581. The molecule has 1 aliphatic heterocycles. The molecule has 0 radical (unpaired) electrons. The fourth-order valence-corrected chi connectivity index (χ4v) is 4.95. The lowest BCUT2D eigenvalue weighted by atomic mass is 9.99. The summed E-state index contributed by atoms with van der Waals surface area (Å²) in [7, 11) is -2.91. The van der Waals surface area contributed by atoms with E-state index in [1.807, 2.05) is 12.1 Å². The van der Waals surface area contributed by atoms with Crippen molar-refractivity contribution in [1.29, 1.82) is 0 Å². The monoisotopic (exact) mass is 251 g/mol. The van der Waals surface area contributed by atoms with Crippen LogP contribution in [0.5, 0.6) is 0 Å². The highest BCUT2D eigenvalue weighted by atomic mass is 32.2. The lowest BCUT2D eigenvalue weighted by molar-refractivity contribution is 0.458. The minimum Gasteiger partial charge on any atom is -0.308 e. The van der Waals surface area contributed by atoms with Crippen molar-refractivity contribution in [2.45, 2.75) is 30.6 Å². The molecular formula is C13H17NO2S. The first-order chi connectivity index (χ1) is 8.18. The number of aryl methyl sites for hydroxylation is 1. The highest BCUT2D eigenvalue weighted by molar-refractivity contribution is 7.92. The van der Waals surface area contributed by atoms with Crippen LogP contribution in [0.3, 0.4) is 0 Å². The molecule has 1 aromatic carbocycles. The molecule has 0 amide bonds. The standard InChI is InChI=1S/C13H17NO2S/c15-17(16)9-8-14-13-11-6-2-1-4-10(11)5-3-7-12(13)17/h1-2,4,6,12-14H,3,5,7-9H2. The predicted molar refractivity (Wildman–Crippen MR) is 67.7 cm³/mol. The largest absolute Gasteiger partial charge is 0.308 e. The van der Waals surface area contributed by atoms with Crippen LogP contribution in [0.25, 0.3) is 0 Å². The Labute approximate surface area is 102 Å². The van der Waals surface area contributed by atoms with Crippen LogP contribution in [0.4, 0.5) is 0 Å². The maximum absolute atomic E-state index is 12.1. The summed E-state index contributed by atoms with van der Waals surface area (Å²) < 4.78 is 24.3. The van der Waals surface area contributed by atoms with Crippen molar-refractivity contribution >= 4 is 9.84 Å². The summed E-state index contributed by atoms with van der Waals surface area (Å²) in [5.74, 6) is 0.288. The van der Waals surface area contributed by atoms with E-state index in [4.69, 9.17) is 0 Å². The molecule has 2 unspecified atom stereocenters. The smallest absolute Gasteiger partial charge is 0.156 e. The zero-order valence-corrected chi connectivity index (χ0v) is 10.5. The van der Waals surface area contributed by atoms with Crippen LogP contribution in [-0.2, 0) is 16.3 Å². The van der Waals surface area contributed by atoms with Crippen LogP contribution in [0.2, 0.25) is 0 Å². The molecule has 1 N–H and O–H groups in total. The van der Waals surface area contributed by atoms with Gasteiger partial charge in [-0.3, -0.25) is 0 Å². The van der Waals surface area contributed by atoms with Gasteiger partial charge in [0.2, 0.25) is 0 Å². The van der Waals surface area contributed by atoms with Gasteiger partial charge in [0.05, 0.1) is 11.0 Å². The highest BCUT2D eigenvalue weighted by Gasteiger charge is 2.39. The SMILES string of the molecule is O=S1(=O)CCNC2c3ccccc3CCCC21. The molecule has 92 valence electrons. The van der Waals surface area contributed by atoms with Gasteiger partial charge in [0.1, 0.15) is 0 Å². The molecule has 2 atom stereocenters. The van der Waals surface area contributed by atoms with Gasteiger partial charge >= 0.3 is 0 Å². The van der Waals surface area contributed by atoms with Gasteiger partial charge in [-0.2, -0.15) is 0 Å². The molecule has 0 bridgehead atoms. The summed E-state index contributed by atoms with van der Waals surface area (Å²) in [5, 5.41) is 3.17. The van der Waals surface area contributed by atoms with Crippen LogP contribution in [0, 0.1) is 0 Å². The minimum absolute atomic E-state index is 0.00690. The Kier molecular flexibility index (Phi) is 2.71. The van der Waals surface area contributed by atoms with Crippen LogP contribution in [-0.4, -0.2) is 26.0 Å². The van der Waals surface area contributed by atoms with Crippen LogP contribution in [0.1, 0.15) is 30.0 Å². The Bertz CT molecular complexity index is 524. The average molecular weight is 251 g/mol. The number of benzene rings is 1. The Morgan fingerprint density at radius 2 is 2.06 bits per heavy atom. The van der Waals surface area contributed by atoms with Gasteiger partial charge < -0.3 is 5.32 Å². The molecule has 0 saturated carbocycles. The molecule has 1 saturated heterocycles. The summed E-state index contributed by atoms with van der Waals surface area (Å²) in [6, 6.07) is 8.25. The molecule has 1 fully saturated rings. The molecule has 4 heteroatoms. The quantitative estimate of drug-likeness (QED) is 0.759. The molecular weight excluding hydrogens is 234 g/mol. The van der Waals surface area contributed by atoms with E-state index < -0.39 is 9.84 Å². The second kappa shape index (κ2) is 4.10. The topological polar surface area (TPSA) is 46.2 Å². The molecule has 3 nitrogen and oxygen atoms in total. The molecule has 0 spiro atoms. The van der Waals surface area contributed by atoms with Gasteiger partial charge in [0, 0.05) is 12.6 Å². The third-order valence-electron chi connectivity index (χ3n) is 3.91. The Balaban J connectivity index is 2.09. The molecule has 1 heterocycles. The maximum Gasteiger partial charge on any atom is 0.156 e. The summed E-state index contributed by atoms with van der Waals surface area (Å²) in [5.41, 5.74) is 2.50. The Morgan fingerprint density at radius 1 is 1.24 bits per heavy atom. The third kappa shape index (κ3) is 1.89. The lowest BCUT2D eigenvalue weighted by Gasteiger charge is -2.32. The van der Waals surface area contributed by atoms with E-state index in [1.54, 1.807) is 0 Å². The maximum atomic E-state index is 12.1. The highest BCUT2D eigenvalue weighted by Crippen LogP contribution is 2.34. The van der Waals surface area contributed by atoms with Gasteiger partial charge in [-0.05, 0) is 30.4 Å². The van der Waals surface area contributed by atoms with Crippen LogP contribution in [0.15, 0.2) is 24.3 Å². The van der Waals surface area contributed by atoms with E-state index in [0.29, 0.717) is 6.54 Å². The number of fused-ring (bicyclic) bond motifs is 3. The van der Waals surface area contributed by atoms with Crippen molar-refractivity contribution < 1.29 is 8.42 Å². The summed E-state index contributed by atoms with van der Waals surface area (Å²) in [4.78, 5) is 0. The first kappa shape index (κ1) is 11.2. The van der Waals surface area contributed by atoms with E-state index in [-0.39, 0.29) is 17.0 Å². The molecule has 3 rings (SSSR count). The average Bonchev–Trinajstić information content (AvgIpc) is 2.49. The zero-order chi connectivity index (χ0) is 11.9. The van der Waals surface area contributed by atoms with Crippen molar-refractivity contribution in [2.75, 3.05) is 12.3 Å². The number of rotatable bonds is 0. The van der Waals surface area contributed by atoms with Crippen LogP contribution < -0.4 is 5.32 Å². The fourth-order valence-electron chi connectivity index (χ4n) is 3.06. The third-order valence-corrected chi connectivity index (χ3v) is 6.11. The molecule has 0 aromatic heterocycles. The van der Waals surface area contributed by atoms with E-state index in [1.165, 1.54) is 11.1 Å². The van der Waals surface area contributed by atoms with E-state index in [9.17, 15) is 8.42 Å². The van der Waals surface area contributed by atoms with Gasteiger partial charge in [-0.15, -0.1) is 0 Å². The van der Waals surface area contributed by atoms with Crippen molar-refractivity contribution in [1.82, 2.24) is 5.32 Å². The first-order valence-corrected chi connectivity index (χ1v) is 7.93. The van der Waals surface area contributed by atoms with Gasteiger partial charge in [0.25, 0.3) is 0 Å². The van der Waals surface area contributed by atoms with E-state index in [2.05, 4.69) is 17.4 Å². The summed E-state index contributed by atoms with van der Waals surface area (Å²) >= 11 is 0. The van der Waals surface area contributed by atoms with Crippen molar-refractivity contribution in [3.05, 3.63) is 35.4 Å². The van der Waals surface area contributed by atoms with Gasteiger partial charge in [-0.25, -0.2) is 8.42 Å². The van der Waals surface area contributed by atoms with Gasteiger partial charge in [-0.1, -0.05) is 24.3 Å². The number of hydrogen-bond donors (Lipinski definition) is 1. The molecule has 2 aliphatic rings. The van der Waals surface area contributed by atoms with Crippen molar-refractivity contribution in [3.8, 4) is 0 Å². The molecule has 1 aliphatic carbocycles.